The SMILES string of the molecule is COc1ccc(CCN)cc1OCCOc1ccccc1C(C)C. The summed E-state index contributed by atoms with van der Waals surface area (Å²) >= 11 is 0. The molecule has 2 N–H and O–H groups in total. The van der Waals surface area contributed by atoms with Gasteiger partial charge in [-0.25, -0.2) is 0 Å². The fraction of sp³-hybridized carbons (Fsp3) is 0.400. The molecular formula is C20H27NO3. The maximum atomic E-state index is 5.89. The summed E-state index contributed by atoms with van der Waals surface area (Å²) in [5.41, 5.74) is 7.96. The lowest BCUT2D eigenvalue weighted by atomic mass is 10.0. The Morgan fingerprint density at radius 2 is 1.62 bits per heavy atom. The van der Waals surface area contributed by atoms with E-state index < -0.39 is 0 Å². The molecule has 4 heteroatoms. The lowest BCUT2D eigenvalue weighted by Crippen LogP contribution is -2.11. The Balaban J connectivity index is 1.94. The standard InChI is InChI=1S/C20H27NO3/c1-15(2)17-6-4-5-7-18(17)23-12-13-24-20-14-16(10-11-21)8-9-19(20)22-3/h4-9,14-15H,10-13,21H2,1-3H3. The molecule has 2 aromatic rings. The molecule has 4 nitrogen and oxygen atoms in total. The van der Waals surface area contributed by atoms with Crippen LogP contribution in [0.4, 0.5) is 0 Å². The van der Waals surface area contributed by atoms with Gasteiger partial charge < -0.3 is 19.9 Å². The minimum atomic E-state index is 0.426. The molecule has 0 radical (unpaired) electrons. The van der Waals surface area contributed by atoms with E-state index in [9.17, 15) is 0 Å². The minimum absolute atomic E-state index is 0.426. The third-order valence-electron chi connectivity index (χ3n) is 3.80. The predicted octanol–water partition coefficient (Wildman–Crippen LogP) is 3.78. The average molecular weight is 329 g/mol. The number of para-hydroxylation sites is 1. The molecule has 0 fully saturated rings. The molecule has 0 aliphatic carbocycles. The Morgan fingerprint density at radius 1 is 0.917 bits per heavy atom. The third-order valence-corrected chi connectivity index (χ3v) is 3.80. The van der Waals surface area contributed by atoms with Crippen LogP contribution in [0, 0.1) is 0 Å². The van der Waals surface area contributed by atoms with E-state index in [0.717, 1.165) is 29.2 Å². The van der Waals surface area contributed by atoms with Crippen molar-refractivity contribution in [2.24, 2.45) is 5.73 Å². The zero-order valence-electron chi connectivity index (χ0n) is 14.7. The van der Waals surface area contributed by atoms with Gasteiger partial charge in [0.25, 0.3) is 0 Å². The molecule has 0 atom stereocenters. The summed E-state index contributed by atoms with van der Waals surface area (Å²) in [6.45, 7) is 5.86. The second-order valence-corrected chi connectivity index (χ2v) is 5.91. The van der Waals surface area contributed by atoms with Crippen LogP contribution in [0.3, 0.4) is 0 Å². The maximum absolute atomic E-state index is 5.89. The van der Waals surface area contributed by atoms with Gasteiger partial charge in [-0.15, -0.1) is 0 Å². The largest absolute Gasteiger partial charge is 0.493 e. The van der Waals surface area contributed by atoms with Gasteiger partial charge in [0.05, 0.1) is 7.11 Å². The molecule has 0 bridgehead atoms. The summed E-state index contributed by atoms with van der Waals surface area (Å²) in [5, 5.41) is 0. The highest BCUT2D eigenvalue weighted by atomic mass is 16.5. The summed E-state index contributed by atoms with van der Waals surface area (Å²) in [6.07, 6.45) is 0.818. The van der Waals surface area contributed by atoms with Gasteiger partial charge in [-0.05, 0) is 48.2 Å². The first-order valence-electron chi connectivity index (χ1n) is 8.37. The van der Waals surface area contributed by atoms with Crippen molar-refractivity contribution in [1.82, 2.24) is 0 Å². The normalized spacial score (nSPS) is 10.7. The van der Waals surface area contributed by atoms with Gasteiger partial charge in [0.15, 0.2) is 11.5 Å². The van der Waals surface area contributed by atoms with Crippen LogP contribution in [0.2, 0.25) is 0 Å². The Morgan fingerprint density at radius 3 is 2.29 bits per heavy atom. The van der Waals surface area contributed by atoms with Crippen molar-refractivity contribution in [2.75, 3.05) is 26.9 Å². The molecule has 0 saturated carbocycles. The molecule has 24 heavy (non-hydrogen) atoms. The average Bonchev–Trinajstić information content (AvgIpc) is 2.59. The molecule has 0 saturated heterocycles. The van der Waals surface area contributed by atoms with Gasteiger partial charge >= 0.3 is 0 Å². The molecule has 0 heterocycles. The van der Waals surface area contributed by atoms with Crippen LogP contribution < -0.4 is 19.9 Å². The monoisotopic (exact) mass is 329 g/mol. The van der Waals surface area contributed by atoms with Crippen molar-refractivity contribution >= 4 is 0 Å². The molecule has 0 aromatic heterocycles. The van der Waals surface area contributed by atoms with Crippen LogP contribution in [0.1, 0.15) is 30.9 Å². The maximum Gasteiger partial charge on any atom is 0.161 e. The lowest BCUT2D eigenvalue weighted by molar-refractivity contribution is 0.209. The smallest absolute Gasteiger partial charge is 0.161 e. The van der Waals surface area contributed by atoms with Crippen LogP contribution in [0.5, 0.6) is 17.2 Å². The van der Waals surface area contributed by atoms with E-state index in [0.29, 0.717) is 25.7 Å². The van der Waals surface area contributed by atoms with Gasteiger partial charge in [-0.1, -0.05) is 38.1 Å². The second-order valence-electron chi connectivity index (χ2n) is 5.91. The molecular weight excluding hydrogens is 302 g/mol. The van der Waals surface area contributed by atoms with Gasteiger partial charge in [-0.2, -0.15) is 0 Å². The van der Waals surface area contributed by atoms with Crippen molar-refractivity contribution in [3.8, 4) is 17.2 Å². The van der Waals surface area contributed by atoms with Crippen molar-refractivity contribution in [3.63, 3.8) is 0 Å². The number of nitrogens with two attached hydrogens (primary N) is 1. The topological polar surface area (TPSA) is 53.7 Å². The van der Waals surface area contributed by atoms with Crippen LogP contribution in [-0.2, 0) is 6.42 Å². The van der Waals surface area contributed by atoms with Gasteiger partial charge in [0.2, 0.25) is 0 Å². The number of hydrogen-bond acceptors (Lipinski definition) is 4. The molecule has 0 aliphatic heterocycles. The third kappa shape index (κ3) is 4.90. The summed E-state index contributed by atoms with van der Waals surface area (Å²) in [5.74, 6) is 2.79. The molecule has 130 valence electrons. The van der Waals surface area contributed by atoms with Crippen LogP contribution in [0.25, 0.3) is 0 Å². The Labute approximate surface area is 144 Å². The first kappa shape index (κ1) is 18.1. The highest BCUT2D eigenvalue weighted by Crippen LogP contribution is 2.29. The van der Waals surface area contributed by atoms with E-state index in [-0.39, 0.29) is 0 Å². The van der Waals surface area contributed by atoms with E-state index >= 15 is 0 Å². The highest BCUT2D eigenvalue weighted by Gasteiger charge is 2.08. The fourth-order valence-electron chi connectivity index (χ4n) is 2.55. The van der Waals surface area contributed by atoms with Crippen molar-refractivity contribution < 1.29 is 14.2 Å². The van der Waals surface area contributed by atoms with Crippen LogP contribution in [-0.4, -0.2) is 26.9 Å². The summed E-state index contributed by atoms with van der Waals surface area (Å²) in [6, 6.07) is 14.0. The van der Waals surface area contributed by atoms with E-state index in [4.69, 9.17) is 19.9 Å². The van der Waals surface area contributed by atoms with Gasteiger partial charge in [-0.3, -0.25) is 0 Å². The van der Waals surface area contributed by atoms with E-state index in [1.165, 1.54) is 5.56 Å². The van der Waals surface area contributed by atoms with E-state index in [2.05, 4.69) is 19.9 Å². The van der Waals surface area contributed by atoms with Crippen LogP contribution >= 0.6 is 0 Å². The van der Waals surface area contributed by atoms with E-state index in [1.54, 1.807) is 7.11 Å². The fourth-order valence-corrected chi connectivity index (χ4v) is 2.55. The van der Waals surface area contributed by atoms with Gasteiger partial charge in [0.1, 0.15) is 19.0 Å². The molecule has 0 aliphatic rings. The molecule has 2 aromatic carbocycles. The van der Waals surface area contributed by atoms with Crippen molar-refractivity contribution in [1.29, 1.82) is 0 Å². The molecule has 2 rings (SSSR count). The predicted molar refractivity (Wildman–Crippen MR) is 97.3 cm³/mol. The molecule has 0 spiro atoms. The minimum Gasteiger partial charge on any atom is -0.493 e. The number of benzene rings is 2. The summed E-state index contributed by atoms with van der Waals surface area (Å²) in [7, 11) is 1.64. The quantitative estimate of drug-likeness (QED) is 0.711. The van der Waals surface area contributed by atoms with Gasteiger partial charge in [0, 0.05) is 0 Å². The number of methoxy groups -OCH3 is 1. The van der Waals surface area contributed by atoms with Crippen molar-refractivity contribution in [3.05, 3.63) is 53.6 Å². The molecule has 0 amide bonds. The summed E-state index contributed by atoms with van der Waals surface area (Å²) < 4.78 is 17.1. The summed E-state index contributed by atoms with van der Waals surface area (Å²) in [4.78, 5) is 0. The second kappa shape index (κ2) is 9.18. The number of rotatable bonds is 9. The first-order chi connectivity index (χ1) is 11.7. The zero-order chi connectivity index (χ0) is 17.4. The highest BCUT2D eigenvalue weighted by molar-refractivity contribution is 5.43. The lowest BCUT2D eigenvalue weighted by Gasteiger charge is -2.15. The number of hydrogen-bond donors (Lipinski definition) is 1. The first-order valence-corrected chi connectivity index (χ1v) is 8.37. The zero-order valence-corrected chi connectivity index (χ0v) is 14.7. The van der Waals surface area contributed by atoms with Crippen molar-refractivity contribution in [2.45, 2.75) is 26.2 Å². The Kier molecular flexibility index (Phi) is 6.94. The van der Waals surface area contributed by atoms with E-state index in [1.807, 2.05) is 36.4 Å². The number of ether oxygens (including phenoxy) is 3. The Bertz CT molecular complexity index is 641. The molecule has 0 unspecified atom stereocenters. The Hall–Kier alpha value is -2.20. The van der Waals surface area contributed by atoms with Crippen LogP contribution in [0.15, 0.2) is 42.5 Å².